The molecule has 0 aliphatic carbocycles. The second-order valence-corrected chi connectivity index (χ2v) is 9.73. The Morgan fingerprint density at radius 2 is 1.26 bits per heavy atom. The van der Waals surface area contributed by atoms with Gasteiger partial charge in [-0.1, -0.05) is 12.8 Å². The van der Waals surface area contributed by atoms with Gasteiger partial charge in [0.15, 0.2) is 11.6 Å². The van der Waals surface area contributed by atoms with Gasteiger partial charge >= 0.3 is 0 Å². The van der Waals surface area contributed by atoms with Crippen LogP contribution in [0.5, 0.6) is 0 Å². The van der Waals surface area contributed by atoms with Crippen molar-refractivity contribution in [3.8, 4) is 0 Å². The molecule has 0 fully saturated rings. The zero-order valence-electron chi connectivity index (χ0n) is 23.0. The molecule has 0 aliphatic heterocycles. The summed E-state index contributed by atoms with van der Waals surface area (Å²) >= 11 is 0. The van der Waals surface area contributed by atoms with Crippen LogP contribution in [0, 0.1) is 11.8 Å². The largest absolute Gasteiger partial charge is 0.369 e. The first-order valence-corrected chi connectivity index (χ1v) is 13.5. The van der Waals surface area contributed by atoms with Crippen molar-refractivity contribution in [2.45, 2.75) is 90.5 Å². The third kappa shape index (κ3) is 17.6. The van der Waals surface area contributed by atoms with E-state index in [1.807, 2.05) is 0 Å². The fraction of sp³-hybridized carbons (Fsp3) is 0.769. The van der Waals surface area contributed by atoms with E-state index >= 15 is 0 Å². The molecular weight excluding hydrogens is 492 g/mol. The van der Waals surface area contributed by atoms with Crippen LogP contribution in [-0.2, 0) is 28.8 Å². The molecule has 0 spiro atoms. The number of amides is 4. The van der Waals surface area contributed by atoms with Gasteiger partial charge < -0.3 is 33.2 Å². The lowest BCUT2D eigenvalue weighted by atomic mass is 9.91. The van der Waals surface area contributed by atoms with Gasteiger partial charge in [-0.25, -0.2) is 0 Å². The maximum Gasteiger partial charge on any atom is 0.223 e. The lowest BCUT2D eigenvalue weighted by Gasteiger charge is -2.21. The van der Waals surface area contributed by atoms with Crippen LogP contribution < -0.4 is 33.2 Å². The number of unbranched alkanes of at least 4 members (excludes halogenated alkanes) is 3. The summed E-state index contributed by atoms with van der Waals surface area (Å²) in [6.07, 6.45) is 5.03. The molecule has 0 radical (unpaired) electrons. The Kier molecular flexibility index (Phi) is 19.5. The van der Waals surface area contributed by atoms with E-state index in [-0.39, 0.29) is 42.8 Å². The predicted molar refractivity (Wildman–Crippen MR) is 144 cm³/mol. The number of Topliss-reactive ketones (excluding diaryl/α,β-unsaturated/α-hetero) is 2. The highest BCUT2D eigenvalue weighted by Crippen LogP contribution is 2.17. The fourth-order valence-electron chi connectivity index (χ4n) is 4.10. The number of carbonyl (C=O) groups excluding carboxylic acids is 6. The van der Waals surface area contributed by atoms with Gasteiger partial charge in [0, 0.05) is 45.1 Å². The second kappa shape index (κ2) is 21.1. The molecule has 0 saturated heterocycles. The van der Waals surface area contributed by atoms with Gasteiger partial charge in [0.25, 0.3) is 0 Å². The van der Waals surface area contributed by atoms with E-state index < -0.39 is 29.7 Å². The maximum absolute atomic E-state index is 13.1. The van der Waals surface area contributed by atoms with Crippen molar-refractivity contribution >= 4 is 35.2 Å². The molecule has 3 atom stereocenters. The van der Waals surface area contributed by atoms with Crippen molar-refractivity contribution in [1.82, 2.24) is 16.0 Å². The van der Waals surface area contributed by atoms with E-state index in [1.165, 1.54) is 13.8 Å². The third-order valence-corrected chi connectivity index (χ3v) is 6.23. The average Bonchev–Trinajstić information content (AvgIpc) is 2.84. The summed E-state index contributed by atoms with van der Waals surface area (Å²) < 4.78 is 0. The van der Waals surface area contributed by atoms with E-state index in [0.29, 0.717) is 71.0 Å². The SMILES string of the molecule is CC(=O)NCCCC[C@H](NC(C)=O)C(=O)CC(CCCCN)C(=O)NCC(=O)CC(CCCCN)C(N)=O. The number of carbonyl (C=O) groups is 6. The number of primary amides is 1. The maximum atomic E-state index is 13.1. The second-order valence-electron chi connectivity index (χ2n) is 9.73. The third-order valence-electron chi connectivity index (χ3n) is 6.23. The Labute approximate surface area is 226 Å². The van der Waals surface area contributed by atoms with Crippen molar-refractivity contribution in [2.75, 3.05) is 26.2 Å². The van der Waals surface area contributed by atoms with Gasteiger partial charge in [-0.05, 0) is 58.0 Å². The molecular formula is C26H48N6O6. The van der Waals surface area contributed by atoms with Crippen LogP contribution in [0.3, 0.4) is 0 Å². The van der Waals surface area contributed by atoms with Gasteiger partial charge in [0.05, 0.1) is 12.6 Å². The summed E-state index contributed by atoms with van der Waals surface area (Å²) in [5.41, 5.74) is 16.5. The Bertz CT molecular complexity index is 775. The molecule has 12 heteroatoms. The lowest BCUT2D eigenvalue weighted by Crippen LogP contribution is -2.42. The first kappa shape index (κ1) is 35.1. The van der Waals surface area contributed by atoms with Crippen molar-refractivity contribution in [3.63, 3.8) is 0 Å². The zero-order chi connectivity index (χ0) is 28.9. The van der Waals surface area contributed by atoms with Gasteiger partial charge in [-0.3, -0.25) is 28.8 Å². The highest BCUT2D eigenvalue weighted by Gasteiger charge is 2.27. The van der Waals surface area contributed by atoms with E-state index in [2.05, 4.69) is 16.0 Å². The number of nitrogens with two attached hydrogens (primary N) is 3. The molecule has 0 aromatic heterocycles. The van der Waals surface area contributed by atoms with E-state index in [1.54, 1.807) is 0 Å². The first-order valence-electron chi connectivity index (χ1n) is 13.5. The van der Waals surface area contributed by atoms with Crippen LogP contribution in [-0.4, -0.2) is 67.4 Å². The van der Waals surface area contributed by atoms with Crippen LogP contribution in [0.15, 0.2) is 0 Å². The van der Waals surface area contributed by atoms with Gasteiger partial charge in [0.2, 0.25) is 23.6 Å². The zero-order valence-corrected chi connectivity index (χ0v) is 23.0. The summed E-state index contributed by atoms with van der Waals surface area (Å²) in [5, 5.41) is 7.95. The predicted octanol–water partition coefficient (Wildman–Crippen LogP) is -0.192. The Morgan fingerprint density at radius 1 is 0.684 bits per heavy atom. The minimum absolute atomic E-state index is 0.0694. The molecule has 0 aliphatic rings. The van der Waals surface area contributed by atoms with Crippen LogP contribution in [0.2, 0.25) is 0 Å². The fourth-order valence-corrected chi connectivity index (χ4v) is 4.10. The molecule has 4 amide bonds. The highest BCUT2D eigenvalue weighted by molar-refractivity contribution is 5.94. The standard InChI is InChI=1S/C26H48N6O6/c1-18(33)30-14-8-5-11-23(32-19(2)34)24(36)16-21(10-4-7-13-28)26(38)31-17-22(35)15-20(25(29)37)9-3-6-12-27/h20-21,23H,3-17,27-28H2,1-2H3,(H2,29,37)(H,30,33)(H,31,38)(H,32,34)/t20?,21?,23-/m0/s1. The summed E-state index contributed by atoms with van der Waals surface area (Å²) in [6.45, 7) is 3.88. The Morgan fingerprint density at radius 3 is 1.79 bits per heavy atom. The van der Waals surface area contributed by atoms with Crippen LogP contribution in [0.1, 0.15) is 84.5 Å². The molecule has 0 rings (SSSR count). The molecule has 0 saturated carbocycles. The van der Waals surface area contributed by atoms with Crippen molar-refractivity contribution in [3.05, 3.63) is 0 Å². The van der Waals surface area contributed by atoms with Crippen LogP contribution in [0.25, 0.3) is 0 Å². The molecule has 9 N–H and O–H groups in total. The average molecular weight is 541 g/mol. The molecule has 12 nitrogen and oxygen atoms in total. The molecule has 0 aromatic carbocycles. The molecule has 0 heterocycles. The van der Waals surface area contributed by atoms with E-state index in [4.69, 9.17) is 17.2 Å². The summed E-state index contributed by atoms with van der Waals surface area (Å²) in [5.74, 6) is -3.38. The Balaban J connectivity index is 5.09. The minimum atomic E-state index is -0.749. The Hall–Kier alpha value is -2.86. The lowest BCUT2D eigenvalue weighted by molar-refractivity contribution is -0.133. The summed E-state index contributed by atoms with van der Waals surface area (Å²) in [7, 11) is 0. The van der Waals surface area contributed by atoms with Crippen molar-refractivity contribution in [1.29, 1.82) is 0 Å². The number of nitrogens with one attached hydrogen (secondary N) is 3. The van der Waals surface area contributed by atoms with E-state index in [0.717, 1.165) is 6.42 Å². The molecule has 38 heavy (non-hydrogen) atoms. The molecule has 2 unspecified atom stereocenters. The van der Waals surface area contributed by atoms with Gasteiger partial charge in [-0.2, -0.15) is 0 Å². The molecule has 218 valence electrons. The number of hydrogen-bond donors (Lipinski definition) is 6. The quantitative estimate of drug-likeness (QED) is 0.0952. The van der Waals surface area contributed by atoms with Crippen molar-refractivity contribution in [2.24, 2.45) is 29.0 Å². The first-order chi connectivity index (χ1) is 18.0. The monoisotopic (exact) mass is 540 g/mol. The minimum Gasteiger partial charge on any atom is -0.369 e. The number of rotatable bonds is 23. The molecule has 0 bridgehead atoms. The summed E-state index contributed by atoms with van der Waals surface area (Å²) in [6, 6.07) is -0.749. The smallest absolute Gasteiger partial charge is 0.223 e. The topological polar surface area (TPSA) is 217 Å². The van der Waals surface area contributed by atoms with E-state index in [9.17, 15) is 28.8 Å². The van der Waals surface area contributed by atoms with Crippen molar-refractivity contribution < 1.29 is 28.8 Å². The highest BCUT2D eigenvalue weighted by atomic mass is 16.2. The molecule has 0 aromatic rings. The number of hydrogen-bond acceptors (Lipinski definition) is 8. The summed E-state index contributed by atoms with van der Waals surface area (Å²) in [4.78, 5) is 72.8. The number of ketones is 2. The van der Waals surface area contributed by atoms with Gasteiger partial charge in [0.1, 0.15) is 0 Å². The van der Waals surface area contributed by atoms with Gasteiger partial charge in [-0.15, -0.1) is 0 Å². The van der Waals surface area contributed by atoms with Crippen LogP contribution >= 0.6 is 0 Å². The normalized spacial score (nSPS) is 13.2. The van der Waals surface area contributed by atoms with Crippen LogP contribution in [0.4, 0.5) is 0 Å².